The van der Waals surface area contributed by atoms with Gasteiger partial charge in [-0.3, -0.25) is 0 Å². The third-order valence-electron chi connectivity index (χ3n) is 1.89. The fourth-order valence-electron chi connectivity index (χ4n) is 1.33. The largest absolute Gasteiger partial charge is 0.508 e. The zero-order valence-corrected chi connectivity index (χ0v) is 7.47. The molecule has 1 fully saturated rings. The Kier molecular flexibility index (Phi) is 2.23. The highest BCUT2D eigenvalue weighted by molar-refractivity contribution is 7.99. The summed E-state index contributed by atoms with van der Waals surface area (Å²) >= 11 is 1.88. The van der Waals surface area contributed by atoms with Gasteiger partial charge in [0.2, 0.25) is 0 Å². The Morgan fingerprint density at radius 3 is 3.08 bits per heavy atom. The molecule has 2 rings (SSSR count). The molecular weight excluding hydrogens is 170 g/mol. The van der Waals surface area contributed by atoms with Gasteiger partial charge in [0.1, 0.15) is 5.75 Å². The molecule has 64 valence electrons. The molecule has 0 aromatic heterocycles. The van der Waals surface area contributed by atoms with Crippen LogP contribution >= 0.6 is 11.8 Å². The normalized spacial score (nSPS) is 22.8. The lowest BCUT2D eigenvalue weighted by Gasteiger charge is -2.09. The third kappa shape index (κ3) is 1.57. The van der Waals surface area contributed by atoms with Crippen LogP contribution in [0, 0.1) is 0 Å². The van der Waals surface area contributed by atoms with Crippen molar-refractivity contribution in [1.82, 2.24) is 5.32 Å². The molecule has 0 amide bonds. The predicted molar refractivity (Wildman–Crippen MR) is 51.3 cm³/mol. The Morgan fingerprint density at radius 2 is 2.42 bits per heavy atom. The zero-order valence-electron chi connectivity index (χ0n) is 6.66. The second kappa shape index (κ2) is 3.37. The second-order valence-corrected chi connectivity index (χ2v) is 4.01. The summed E-state index contributed by atoms with van der Waals surface area (Å²) < 4.78 is 0. The van der Waals surface area contributed by atoms with Crippen LogP contribution in [-0.4, -0.2) is 17.4 Å². The maximum absolute atomic E-state index is 9.24. The van der Waals surface area contributed by atoms with Crippen molar-refractivity contribution < 1.29 is 5.11 Å². The molecule has 1 aliphatic heterocycles. The van der Waals surface area contributed by atoms with Crippen molar-refractivity contribution in [2.75, 3.05) is 12.3 Å². The molecule has 0 bridgehead atoms. The summed E-state index contributed by atoms with van der Waals surface area (Å²) in [7, 11) is 0. The summed E-state index contributed by atoms with van der Waals surface area (Å²) in [4.78, 5) is 0. The van der Waals surface area contributed by atoms with Gasteiger partial charge in [0.05, 0.1) is 5.37 Å². The molecule has 3 heteroatoms. The maximum Gasteiger partial charge on any atom is 0.115 e. The molecule has 0 radical (unpaired) electrons. The SMILES string of the molecule is Oc1cccc([C@@H]2NCCS2)c1. The first-order valence-corrected chi connectivity index (χ1v) is 5.05. The molecular formula is C9H11NOS. The van der Waals surface area contributed by atoms with Gasteiger partial charge >= 0.3 is 0 Å². The van der Waals surface area contributed by atoms with Crippen molar-refractivity contribution in [3.63, 3.8) is 0 Å². The highest BCUT2D eigenvalue weighted by Crippen LogP contribution is 2.30. The van der Waals surface area contributed by atoms with E-state index in [1.807, 2.05) is 30.0 Å². The number of nitrogens with one attached hydrogen (secondary N) is 1. The number of phenols is 1. The number of phenolic OH excluding ortho intramolecular Hbond substituents is 1. The van der Waals surface area contributed by atoms with Crippen molar-refractivity contribution in [2.24, 2.45) is 0 Å². The standard InChI is InChI=1S/C9H11NOS/c11-8-3-1-2-7(6-8)9-10-4-5-12-9/h1-3,6,9-11H,4-5H2/t9-/m1/s1. The molecule has 0 aliphatic carbocycles. The van der Waals surface area contributed by atoms with Crippen LogP contribution in [0.4, 0.5) is 0 Å². The molecule has 2 N–H and O–H groups in total. The topological polar surface area (TPSA) is 32.3 Å². The lowest BCUT2D eigenvalue weighted by Crippen LogP contribution is -2.11. The Labute approximate surface area is 76.0 Å². The van der Waals surface area contributed by atoms with Crippen molar-refractivity contribution in [2.45, 2.75) is 5.37 Å². The van der Waals surface area contributed by atoms with Crippen molar-refractivity contribution in [1.29, 1.82) is 0 Å². The highest BCUT2D eigenvalue weighted by Gasteiger charge is 2.16. The van der Waals surface area contributed by atoms with E-state index < -0.39 is 0 Å². The molecule has 0 unspecified atom stereocenters. The molecule has 1 aromatic carbocycles. The Bertz CT molecular complexity index is 271. The first kappa shape index (κ1) is 7.95. The molecule has 1 aliphatic rings. The van der Waals surface area contributed by atoms with E-state index in [1.165, 1.54) is 0 Å². The van der Waals surface area contributed by atoms with Gasteiger partial charge in [-0.05, 0) is 17.7 Å². The fraction of sp³-hybridized carbons (Fsp3) is 0.333. The van der Waals surface area contributed by atoms with Crippen molar-refractivity contribution in [3.05, 3.63) is 29.8 Å². The lowest BCUT2D eigenvalue weighted by molar-refractivity contribution is 0.474. The van der Waals surface area contributed by atoms with E-state index in [1.54, 1.807) is 6.07 Å². The van der Waals surface area contributed by atoms with Gasteiger partial charge < -0.3 is 10.4 Å². The van der Waals surface area contributed by atoms with Crippen LogP contribution in [0.25, 0.3) is 0 Å². The maximum atomic E-state index is 9.24. The van der Waals surface area contributed by atoms with Gasteiger partial charge in [-0.25, -0.2) is 0 Å². The van der Waals surface area contributed by atoms with Crippen LogP contribution in [0.5, 0.6) is 5.75 Å². The monoisotopic (exact) mass is 181 g/mol. The summed E-state index contributed by atoms with van der Waals surface area (Å²) in [6, 6.07) is 7.43. The minimum absolute atomic E-state index is 0.349. The lowest BCUT2D eigenvalue weighted by atomic mass is 10.2. The summed E-state index contributed by atoms with van der Waals surface area (Å²) in [5, 5.41) is 13.0. The molecule has 0 saturated carbocycles. The quantitative estimate of drug-likeness (QED) is 0.692. The van der Waals surface area contributed by atoms with Gasteiger partial charge in [-0.2, -0.15) is 0 Å². The molecule has 1 heterocycles. The van der Waals surface area contributed by atoms with E-state index >= 15 is 0 Å². The number of aromatic hydroxyl groups is 1. The van der Waals surface area contributed by atoms with Crippen LogP contribution in [0.3, 0.4) is 0 Å². The van der Waals surface area contributed by atoms with E-state index in [9.17, 15) is 5.11 Å². The van der Waals surface area contributed by atoms with Crippen LogP contribution < -0.4 is 5.32 Å². The van der Waals surface area contributed by atoms with Gasteiger partial charge in [0.25, 0.3) is 0 Å². The number of hydrogen-bond donors (Lipinski definition) is 2. The molecule has 12 heavy (non-hydrogen) atoms. The molecule has 1 saturated heterocycles. The Morgan fingerprint density at radius 1 is 1.50 bits per heavy atom. The van der Waals surface area contributed by atoms with Gasteiger partial charge in [-0.15, -0.1) is 11.8 Å². The van der Waals surface area contributed by atoms with E-state index in [0.29, 0.717) is 11.1 Å². The molecule has 1 aromatic rings. The van der Waals surface area contributed by atoms with Crippen LogP contribution in [0.15, 0.2) is 24.3 Å². The summed E-state index contributed by atoms with van der Waals surface area (Å²) in [6.07, 6.45) is 0. The van der Waals surface area contributed by atoms with E-state index in [0.717, 1.165) is 17.9 Å². The second-order valence-electron chi connectivity index (χ2n) is 2.80. The summed E-state index contributed by atoms with van der Waals surface area (Å²) in [5.74, 6) is 1.50. The number of thioether (sulfide) groups is 1. The van der Waals surface area contributed by atoms with Crippen molar-refractivity contribution >= 4 is 11.8 Å². The van der Waals surface area contributed by atoms with E-state index in [2.05, 4.69) is 5.32 Å². The minimum atomic E-state index is 0.349. The third-order valence-corrected chi connectivity index (χ3v) is 3.10. The average Bonchev–Trinajstić information content (AvgIpc) is 2.56. The van der Waals surface area contributed by atoms with E-state index in [4.69, 9.17) is 0 Å². The summed E-state index contributed by atoms with van der Waals surface area (Å²) in [6.45, 7) is 1.06. The van der Waals surface area contributed by atoms with Gasteiger partial charge in [-0.1, -0.05) is 12.1 Å². The molecule has 1 atom stereocenters. The smallest absolute Gasteiger partial charge is 0.115 e. The van der Waals surface area contributed by atoms with E-state index in [-0.39, 0.29) is 0 Å². The summed E-state index contributed by atoms with van der Waals surface area (Å²) in [5.41, 5.74) is 1.16. The molecule has 0 spiro atoms. The Balaban J connectivity index is 2.21. The van der Waals surface area contributed by atoms with Crippen LogP contribution in [-0.2, 0) is 0 Å². The predicted octanol–water partition coefficient (Wildman–Crippen LogP) is 1.73. The van der Waals surface area contributed by atoms with Gasteiger partial charge in [0, 0.05) is 12.3 Å². The number of benzene rings is 1. The first-order valence-electron chi connectivity index (χ1n) is 4.00. The highest BCUT2D eigenvalue weighted by atomic mass is 32.2. The Hall–Kier alpha value is -0.670. The number of rotatable bonds is 1. The fourth-order valence-corrected chi connectivity index (χ4v) is 2.37. The number of hydrogen-bond acceptors (Lipinski definition) is 3. The first-order chi connectivity index (χ1) is 5.86. The van der Waals surface area contributed by atoms with Crippen molar-refractivity contribution in [3.8, 4) is 5.75 Å². The molecule has 2 nitrogen and oxygen atoms in total. The average molecular weight is 181 g/mol. The van der Waals surface area contributed by atoms with Gasteiger partial charge in [0.15, 0.2) is 0 Å². The van der Waals surface area contributed by atoms with Crippen LogP contribution in [0.2, 0.25) is 0 Å². The van der Waals surface area contributed by atoms with Crippen LogP contribution in [0.1, 0.15) is 10.9 Å². The minimum Gasteiger partial charge on any atom is -0.508 e. The zero-order chi connectivity index (χ0) is 8.39.